The molecule has 0 aliphatic rings. The molecule has 0 radical (unpaired) electrons. The topological polar surface area (TPSA) is 96.0 Å². The smallest absolute Gasteiger partial charge is 0.244 e. The van der Waals surface area contributed by atoms with Crippen molar-refractivity contribution in [3.63, 3.8) is 0 Å². The monoisotopic (exact) mass is 503 g/mol. The second-order valence-electron chi connectivity index (χ2n) is 8.98. The highest BCUT2D eigenvalue weighted by atomic mass is 32.2. The van der Waals surface area contributed by atoms with E-state index in [0.29, 0.717) is 18.0 Å². The fourth-order valence-electron chi connectivity index (χ4n) is 3.51. The molecule has 0 bridgehead atoms. The largest absolute Gasteiger partial charge is 0.497 e. The molecule has 9 heteroatoms. The number of sulfonamides is 1. The third kappa shape index (κ3) is 8.28. The standard InChI is InChI=1S/C26H37N3O5S/c1-7-21-11-13-23(14-12-21)29(35(6,32)33)18-25(30)28(20(4)26(31)27-16-19(2)3)17-22-9-8-10-24(15-22)34-5/h8-15,19-20H,7,16-18H2,1-6H3,(H,27,31)/t20-/m0/s1. The van der Waals surface area contributed by atoms with Crippen molar-refractivity contribution in [1.82, 2.24) is 10.2 Å². The highest BCUT2D eigenvalue weighted by Gasteiger charge is 2.30. The maximum Gasteiger partial charge on any atom is 0.244 e. The van der Waals surface area contributed by atoms with Crippen molar-refractivity contribution < 1.29 is 22.7 Å². The van der Waals surface area contributed by atoms with Gasteiger partial charge in [-0.3, -0.25) is 13.9 Å². The van der Waals surface area contributed by atoms with Crippen molar-refractivity contribution in [2.24, 2.45) is 5.92 Å². The summed E-state index contributed by atoms with van der Waals surface area (Å²) >= 11 is 0. The van der Waals surface area contributed by atoms with Crippen molar-refractivity contribution in [2.45, 2.75) is 46.7 Å². The molecule has 35 heavy (non-hydrogen) atoms. The van der Waals surface area contributed by atoms with Crippen LogP contribution in [0.15, 0.2) is 48.5 Å². The molecule has 0 unspecified atom stereocenters. The second-order valence-corrected chi connectivity index (χ2v) is 10.9. The fraction of sp³-hybridized carbons (Fsp3) is 0.462. The van der Waals surface area contributed by atoms with Crippen molar-refractivity contribution in [1.29, 1.82) is 0 Å². The van der Waals surface area contributed by atoms with E-state index in [0.717, 1.165) is 28.1 Å². The lowest BCUT2D eigenvalue weighted by Crippen LogP contribution is -2.51. The predicted octanol–water partition coefficient (Wildman–Crippen LogP) is 3.21. The van der Waals surface area contributed by atoms with Crippen LogP contribution in [0.25, 0.3) is 0 Å². The summed E-state index contributed by atoms with van der Waals surface area (Å²) in [5, 5.41) is 2.86. The molecule has 2 aromatic carbocycles. The molecule has 1 atom stereocenters. The number of nitrogens with zero attached hydrogens (tertiary/aromatic N) is 2. The Bertz CT molecular complexity index is 1100. The summed E-state index contributed by atoms with van der Waals surface area (Å²) < 4.78 is 31.6. The predicted molar refractivity (Wildman–Crippen MR) is 139 cm³/mol. The molecule has 8 nitrogen and oxygen atoms in total. The SMILES string of the molecule is CCc1ccc(N(CC(=O)N(Cc2cccc(OC)c2)[C@@H](C)C(=O)NCC(C)C)S(C)(=O)=O)cc1. The van der Waals surface area contributed by atoms with Gasteiger partial charge in [-0.2, -0.15) is 0 Å². The van der Waals surface area contributed by atoms with Crippen LogP contribution in [0, 0.1) is 5.92 Å². The highest BCUT2D eigenvalue weighted by Crippen LogP contribution is 2.21. The maximum atomic E-state index is 13.5. The van der Waals surface area contributed by atoms with Crippen LogP contribution in [0.5, 0.6) is 5.75 Å². The normalized spacial score (nSPS) is 12.2. The van der Waals surface area contributed by atoms with Crippen molar-refractivity contribution >= 4 is 27.5 Å². The summed E-state index contributed by atoms with van der Waals surface area (Å²) in [5.41, 5.74) is 2.22. The molecule has 0 heterocycles. The number of methoxy groups -OCH3 is 1. The van der Waals surface area contributed by atoms with Gasteiger partial charge in [0.1, 0.15) is 18.3 Å². The number of hydrogen-bond donors (Lipinski definition) is 1. The quantitative estimate of drug-likeness (QED) is 0.480. The minimum absolute atomic E-state index is 0.124. The maximum absolute atomic E-state index is 13.5. The molecule has 0 fully saturated rings. The third-order valence-electron chi connectivity index (χ3n) is 5.65. The van der Waals surface area contributed by atoms with Gasteiger partial charge >= 0.3 is 0 Å². The van der Waals surface area contributed by atoms with Crippen LogP contribution in [0.1, 0.15) is 38.8 Å². The number of carbonyl (C=O) groups excluding carboxylic acids is 2. The summed E-state index contributed by atoms with van der Waals surface area (Å²) in [5.74, 6) is 0.0965. The minimum atomic E-state index is -3.75. The third-order valence-corrected chi connectivity index (χ3v) is 6.79. The molecule has 0 aromatic heterocycles. The number of rotatable bonds is 12. The van der Waals surface area contributed by atoms with Crippen LogP contribution in [-0.2, 0) is 32.6 Å². The molecule has 0 saturated carbocycles. The summed E-state index contributed by atoms with van der Waals surface area (Å²) in [7, 11) is -2.20. The molecule has 2 rings (SSSR count). The average molecular weight is 504 g/mol. The number of nitrogens with one attached hydrogen (secondary N) is 1. The van der Waals surface area contributed by atoms with Gasteiger partial charge in [0.25, 0.3) is 0 Å². The van der Waals surface area contributed by atoms with E-state index in [2.05, 4.69) is 5.32 Å². The van der Waals surface area contributed by atoms with Gasteiger partial charge in [-0.15, -0.1) is 0 Å². The first kappa shape index (κ1) is 28.2. The van der Waals surface area contributed by atoms with Crippen LogP contribution in [-0.4, -0.2) is 57.6 Å². The van der Waals surface area contributed by atoms with Gasteiger partial charge < -0.3 is 15.0 Å². The van der Waals surface area contributed by atoms with E-state index in [1.807, 2.05) is 39.0 Å². The van der Waals surface area contributed by atoms with E-state index in [-0.39, 0.29) is 18.4 Å². The Labute approximate surface area is 209 Å². The lowest BCUT2D eigenvalue weighted by Gasteiger charge is -2.31. The number of ether oxygens (including phenoxy) is 1. The first-order chi connectivity index (χ1) is 16.5. The minimum Gasteiger partial charge on any atom is -0.497 e. The molecule has 0 saturated heterocycles. The first-order valence-corrected chi connectivity index (χ1v) is 13.6. The number of anilines is 1. The molecule has 2 aromatic rings. The van der Waals surface area contributed by atoms with Gasteiger partial charge in [-0.25, -0.2) is 8.42 Å². The number of hydrogen-bond acceptors (Lipinski definition) is 5. The molecular formula is C26H37N3O5S. The highest BCUT2D eigenvalue weighted by molar-refractivity contribution is 7.92. The molecule has 1 N–H and O–H groups in total. The van der Waals surface area contributed by atoms with E-state index in [1.54, 1.807) is 44.4 Å². The number of benzene rings is 2. The average Bonchev–Trinajstić information content (AvgIpc) is 2.83. The van der Waals surface area contributed by atoms with E-state index in [1.165, 1.54) is 4.90 Å². The summed E-state index contributed by atoms with van der Waals surface area (Å²) in [6, 6.07) is 13.5. The Morgan fingerprint density at radius 2 is 1.69 bits per heavy atom. The van der Waals surface area contributed by atoms with Crippen molar-refractivity contribution in [3.8, 4) is 5.75 Å². The van der Waals surface area contributed by atoms with E-state index >= 15 is 0 Å². The molecule has 0 spiro atoms. The Morgan fingerprint density at radius 3 is 2.23 bits per heavy atom. The van der Waals surface area contributed by atoms with Gasteiger partial charge in [0.15, 0.2) is 0 Å². The van der Waals surface area contributed by atoms with Crippen LogP contribution in [0.4, 0.5) is 5.69 Å². The lowest BCUT2D eigenvalue weighted by atomic mass is 10.1. The lowest BCUT2D eigenvalue weighted by molar-refractivity contribution is -0.139. The van der Waals surface area contributed by atoms with Crippen LogP contribution < -0.4 is 14.4 Å². The molecule has 2 amide bonds. The van der Waals surface area contributed by atoms with E-state index < -0.39 is 28.5 Å². The molecule has 0 aliphatic heterocycles. The van der Waals surface area contributed by atoms with Gasteiger partial charge in [0.2, 0.25) is 21.8 Å². The summed E-state index contributed by atoms with van der Waals surface area (Å²) in [6.07, 6.45) is 1.88. The van der Waals surface area contributed by atoms with Crippen LogP contribution in [0.2, 0.25) is 0 Å². The summed E-state index contributed by atoms with van der Waals surface area (Å²) in [4.78, 5) is 27.8. The second kappa shape index (κ2) is 12.6. The Hall–Kier alpha value is -3.07. The molecular weight excluding hydrogens is 466 g/mol. The Kier molecular flexibility index (Phi) is 10.1. The number of amides is 2. The Morgan fingerprint density at radius 1 is 1.03 bits per heavy atom. The zero-order chi connectivity index (χ0) is 26.2. The summed E-state index contributed by atoms with van der Waals surface area (Å²) in [6.45, 7) is 7.80. The fourth-order valence-corrected chi connectivity index (χ4v) is 4.36. The first-order valence-electron chi connectivity index (χ1n) is 11.7. The Balaban J connectivity index is 2.37. The van der Waals surface area contributed by atoms with E-state index in [9.17, 15) is 18.0 Å². The van der Waals surface area contributed by atoms with Gasteiger partial charge in [0.05, 0.1) is 19.1 Å². The van der Waals surface area contributed by atoms with Gasteiger partial charge in [-0.05, 0) is 54.7 Å². The van der Waals surface area contributed by atoms with Crippen molar-refractivity contribution in [3.05, 3.63) is 59.7 Å². The zero-order valence-corrected chi connectivity index (χ0v) is 22.3. The van der Waals surface area contributed by atoms with Gasteiger partial charge in [-0.1, -0.05) is 45.0 Å². The molecule has 0 aliphatic carbocycles. The number of aryl methyl sites for hydroxylation is 1. The van der Waals surface area contributed by atoms with Crippen LogP contribution in [0.3, 0.4) is 0 Å². The van der Waals surface area contributed by atoms with Gasteiger partial charge in [0, 0.05) is 13.1 Å². The van der Waals surface area contributed by atoms with Crippen molar-refractivity contribution in [2.75, 3.05) is 30.8 Å². The van der Waals surface area contributed by atoms with E-state index in [4.69, 9.17) is 4.74 Å². The van der Waals surface area contributed by atoms with Crippen LogP contribution >= 0.6 is 0 Å². The number of carbonyl (C=O) groups is 2. The zero-order valence-electron chi connectivity index (χ0n) is 21.4. The molecule has 192 valence electrons.